The quantitative estimate of drug-likeness (QED) is 0.926. The predicted molar refractivity (Wildman–Crippen MR) is 88.3 cm³/mol. The van der Waals surface area contributed by atoms with E-state index in [9.17, 15) is 4.79 Å². The lowest BCUT2D eigenvalue weighted by molar-refractivity contribution is 0.0215. The average molecular weight is 324 g/mol. The van der Waals surface area contributed by atoms with E-state index in [1.807, 2.05) is 11.0 Å². The van der Waals surface area contributed by atoms with Crippen molar-refractivity contribution in [2.45, 2.75) is 31.7 Å². The van der Waals surface area contributed by atoms with Gasteiger partial charge in [-0.2, -0.15) is 0 Å². The Morgan fingerprint density at radius 1 is 1.12 bits per heavy atom. The average Bonchev–Trinajstić information content (AvgIpc) is 2.62. The number of hydrogen-bond donors (Lipinski definition) is 1. The molecule has 7 heteroatoms. The van der Waals surface area contributed by atoms with Gasteiger partial charge in [-0.15, -0.1) is 0 Å². The van der Waals surface area contributed by atoms with E-state index in [2.05, 4.69) is 25.3 Å². The third-order valence-electron chi connectivity index (χ3n) is 5.17. The van der Waals surface area contributed by atoms with Crippen LogP contribution in [-0.2, 0) is 0 Å². The molecule has 24 heavy (non-hydrogen) atoms. The molecule has 1 aliphatic heterocycles. The lowest BCUT2D eigenvalue weighted by Crippen LogP contribution is -2.52. The summed E-state index contributed by atoms with van der Waals surface area (Å²) in [6.07, 6.45) is 10.9. The third kappa shape index (κ3) is 2.93. The fraction of sp³-hybridized carbons (Fsp3) is 0.471. The van der Waals surface area contributed by atoms with Crippen molar-refractivity contribution in [2.75, 3.05) is 18.4 Å². The molecule has 2 aromatic rings. The normalized spacial score (nSPS) is 19.8. The highest BCUT2D eigenvalue weighted by molar-refractivity contribution is 5.92. The van der Waals surface area contributed by atoms with Crippen molar-refractivity contribution >= 4 is 11.9 Å². The molecule has 7 nitrogen and oxygen atoms in total. The van der Waals surface area contributed by atoms with Crippen LogP contribution >= 0.6 is 0 Å². The highest BCUT2D eigenvalue weighted by Crippen LogP contribution is 2.49. The van der Waals surface area contributed by atoms with Gasteiger partial charge in [0.15, 0.2) is 0 Å². The van der Waals surface area contributed by atoms with Crippen molar-refractivity contribution in [1.82, 2.24) is 24.8 Å². The van der Waals surface area contributed by atoms with Crippen LogP contribution in [0.15, 0.2) is 37.1 Å². The molecular weight excluding hydrogens is 304 g/mol. The molecule has 1 N–H and O–H groups in total. The number of hydrogen-bond acceptors (Lipinski definition) is 6. The molecule has 0 aromatic carbocycles. The van der Waals surface area contributed by atoms with Crippen molar-refractivity contribution in [3.05, 3.63) is 42.7 Å². The van der Waals surface area contributed by atoms with Gasteiger partial charge in [0.2, 0.25) is 5.95 Å². The summed E-state index contributed by atoms with van der Waals surface area (Å²) in [5, 5.41) is 3.39. The van der Waals surface area contributed by atoms with E-state index in [1.165, 1.54) is 6.33 Å². The Balaban J connectivity index is 1.29. The van der Waals surface area contributed by atoms with Crippen LogP contribution < -0.4 is 5.32 Å². The summed E-state index contributed by atoms with van der Waals surface area (Å²) in [5.74, 6) is 0.715. The standard InChI is InChI=1S/C17H20N6O/c24-15(14-2-7-18-12-21-14)23-8-3-17(4-9-23)10-13(11-17)22-16-19-5-1-6-20-16/h1-2,5-7,12-13H,3-4,8-11H2,(H,19,20,22). The van der Waals surface area contributed by atoms with Crippen molar-refractivity contribution in [3.63, 3.8) is 0 Å². The molecule has 2 aromatic heterocycles. The van der Waals surface area contributed by atoms with Crippen LogP contribution in [0.2, 0.25) is 0 Å². The number of aromatic nitrogens is 4. The molecule has 4 rings (SSSR count). The lowest BCUT2D eigenvalue weighted by Gasteiger charge is -2.52. The zero-order valence-corrected chi connectivity index (χ0v) is 13.4. The number of nitrogens with one attached hydrogen (secondary N) is 1. The second kappa shape index (κ2) is 6.14. The number of nitrogens with zero attached hydrogens (tertiary/aromatic N) is 5. The number of rotatable bonds is 3. The zero-order valence-electron chi connectivity index (χ0n) is 13.4. The van der Waals surface area contributed by atoms with Gasteiger partial charge >= 0.3 is 0 Å². The van der Waals surface area contributed by atoms with E-state index in [4.69, 9.17) is 0 Å². The molecule has 3 heterocycles. The van der Waals surface area contributed by atoms with Crippen LogP contribution in [0.1, 0.15) is 36.2 Å². The number of piperidine rings is 1. The molecule has 124 valence electrons. The lowest BCUT2D eigenvalue weighted by atomic mass is 9.60. The van der Waals surface area contributed by atoms with Gasteiger partial charge in [-0.1, -0.05) is 0 Å². The molecule has 2 fully saturated rings. The molecular formula is C17H20N6O. The van der Waals surface area contributed by atoms with E-state index in [-0.39, 0.29) is 5.91 Å². The van der Waals surface area contributed by atoms with Crippen LogP contribution in [0.4, 0.5) is 5.95 Å². The Morgan fingerprint density at radius 3 is 2.54 bits per heavy atom. The highest BCUT2D eigenvalue weighted by Gasteiger charge is 2.46. The minimum absolute atomic E-state index is 0.0129. The first-order valence-electron chi connectivity index (χ1n) is 8.33. The molecule has 0 radical (unpaired) electrons. The monoisotopic (exact) mass is 324 g/mol. The molecule has 1 aliphatic carbocycles. The molecule has 1 amide bonds. The second-order valence-corrected chi connectivity index (χ2v) is 6.71. The van der Waals surface area contributed by atoms with Gasteiger partial charge in [-0.3, -0.25) is 4.79 Å². The Bertz CT molecular complexity index is 692. The number of amides is 1. The SMILES string of the molecule is O=C(c1ccncn1)N1CCC2(CC1)CC(Nc1ncccn1)C2. The molecule has 1 saturated carbocycles. The van der Waals surface area contributed by atoms with Crippen molar-refractivity contribution in [1.29, 1.82) is 0 Å². The van der Waals surface area contributed by atoms with Gasteiger partial charge in [0, 0.05) is 37.7 Å². The van der Waals surface area contributed by atoms with Crippen LogP contribution in [0.3, 0.4) is 0 Å². The number of carbonyl (C=O) groups is 1. The summed E-state index contributed by atoms with van der Waals surface area (Å²) in [5.41, 5.74) is 0.852. The summed E-state index contributed by atoms with van der Waals surface area (Å²) in [6, 6.07) is 3.93. The molecule has 1 saturated heterocycles. The van der Waals surface area contributed by atoms with Crippen LogP contribution in [0.25, 0.3) is 0 Å². The van der Waals surface area contributed by atoms with E-state index in [0.29, 0.717) is 23.1 Å². The van der Waals surface area contributed by atoms with E-state index < -0.39 is 0 Å². The van der Waals surface area contributed by atoms with Crippen molar-refractivity contribution in [3.8, 4) is 0 Å². The van der Waals surface area contributed by atoms with Crippen LogP contribution in [-0.4, -0.2) is 49.9 Å². The Kier molecular flexibility index (Phi) is 3.84. The fourth-order valence-electron chi connectivity index (χ4n) is 3.82. The zero-order chi connectivity index (χ0) is 16.4. The van der Waals surface area contributed by atoms with E-state index in [1.54, 1.807) is 24.7 Å². The maximum Gasteiger partial charge on any atom is 0.272 e. The van der Waals surface area contributed by atoms with Gasteiger partial charge < -0.3 is 10.2 Å². The molecule has 2 aliphatic rings. The maximum absolute atomic E-state index is 12.4. The first-order valence-corrected chi connectivity index (χ1v) is 8.33. The van der Waals surface area contributed by atoms with Gasteiger partial charge in [0.25, 0.3) is 5.91 Å². The van der Waals surface area contributed by atoms with E-state index >= 15 is 0 Å². The minimum Gasteiger partial charge on any atom is -0.351 e. The maximum atomic E-state index is 12.4. The smallest absolute Gasteiger partial charge is 0.272 e. The Hall–Kier alpha value is -2.57. The highest BCUT2D eigenvalue weighted by atomic mass is 16.2. The predicted octanol–water partition coefficient (Wildman–Crippen LogP) is 1.76. The Morgan fingerprint density at radius 2 is 1.88 bits per heavy atom. The third-order valence-corrected chi connectivity index (χ3v) is 5.17. The topological polar surface area (TPSA) is 83.9 Å². The summed E-state index contributed by atoms with van der Waals surface area (Å²) in [7, 11) is 0. The minimum atomic E-state index is 0.0129. The number of carbonyl (C=O) groups excluding carboxylic acids is 1. The first kappa shape index (κ1) is 15.0. The van der Waals surface area contributed by atoms with Crippen LogP contribution in [0, 0.1) is 5.41 Å². The van der Waals surface area contributed by atoms with Gasteiger partial charge in [-0.05, 0) is 43.2 Å². The fourth-order valence-corrected chi connectivity index (χ4v) is 3.82. The van der Waals surface area contributed by atoms with Crippen LogP contribution in [0.5, 0.6) is 0 Å². The summed E-state index contributed by atoms with van der Waals surface area (Å²) < 4.78 is 0. The molecule has 1 spiro atoms. The number of likely N-dealkylation sites (tertiary alicyclic amines) is 1. The van der Waals surface area contributed by atoms with Gasteiger partial charge in [0.1, 0.15) is 12.0 Å². The molecule has 0 atom stereocenters. The van der Waals surface area contributed by atoms with E-state index in [0.717, 1.165) is 38.8 Å². The summed E-state index contributed by atoms with van der Waals surface area (Å²) in [6.45, 7) is 1.61. The molecule has 0 unspecified atom stereocenters. The van der Waals surface area contributed by atoms with Crippen molar-refractivity contribution in [2.24, 2.45) is 5.41 Å². The van der Waals surface area contributed by atoms with Crippen molar-refractivity contribution < 1.29 is 4.79 Å². The second-order valence-electron chi connectivity index (χ2n) is 6.71. The van der Waals surface area contributed by atoms with Gasteiger partial charge in [0.05, 0.1) is 0 Å². The Labute approximate surface area is 140 Å². The summed E-state index contributed by atoms with van der Waals surface area (Å²) >= 11 is 0. The van der Waals surface area contributed by atoms with Gasteiger partial charge in [-0.25, -0.2) is 19.9 Å². The molecule has 0 bridgehead atoms. The largest absolute Gasteiger partial charge is 0.351 e. The number of anilines is 1. The summed E-state index contributed by atoms with van der Waals surface area (Å²) in [4.78, 5) is 30.7. The first-order chi connectivity index (χ1) is 11.7.